The van der Waals surface area contributed by atoms with E-state index in [0.717, 1.165) is 0 Å². The van der Waals surface area contributed by atoms with Crippen LogP contribution in [0.25, 0.3) is 0 Å². The summed E-state index contributed by atoms with van der Waals surface area (Å²) in [5.41, 5.74) is 0.399. The Labute approximate surface area is 108 Å². The molecule has 0 spiro atoms. The van der Waals surface area contributed by atoms with Crippen LogP contribution < -0.4 is 0 Å². The Morgan fingerprint density at radius 3 is 3.06 bits per heavy atom. The number of thioether (sulfide) groups is 1. The van der Waals surface area contributed by atoms with Gasteiger partial charge >= 0.3 is 5.97 Å². The number of esters is 1. The highest BCUT2D eigenvalue weighted by Crippen LogP contribution is 2.31. The average Bonchev–Trinajstić information content (AvgIpc) is 2.39. The molecule has 94 valence electrons. The number of pyridine rings is 1. The molecule has 18 heavy (non-hydrogen) atoms. The number of aromatic nitrogens is 1. The lowest BCUT2D eigenvalue weighted by atomic mass is 9.96. The molecule has 1 aliphatic heterocycles. The van der Waals surface area contributed by atoms with Crippen molar-refractivity contribution in [2.75, 3.05) is 12.4 Å². The van der Waals surface area contributed by atoms with Crippen molar-refractivity contribution in [3.8, 4) is 0 Å². The molecule has 2 heterocycles. The minimum atomic E-state index is -0.953. The molecule has 0 fully saturated rings. The first kappa shape index (κ1) is 12.8. The van der Waals surface area contributed by atoms with Crippen LogP contribution in [0.5, 0.6) is 0 Å². The Balaban J connectivity index is 2.22. The van der Waals surface area contributed by atoms with Gasteiger partial charge in [0.2, 0.25) is 0 Å². The Morgan fingerprint density at radius 2 is 2.33 bits per heavy atom. The Kier molecular flexibility index (Phi) is 3.76. The van der Waals surface area contributed by atoms with Crippen molar-refractivity contribution in [2.24, 2.45) is 5.92 Å². The van der Waals surface area contributed by atoms with E-state index in [1.807, 2.05) is 0 Å². The lowest BCUT2D eigenvalue weighted by Gasteiger charge is -2.19. The molecular weight excluding hydrogens is 254 g/mol. The van der Waals surface area contributed by atoms with Gasteiger partial charge in [-0.05, 0) is 19.1 Å². The monoisotopic (exact) mass is 265 g/mol. The summed E-state index contributed by atoms with van der Waals surface area (Å²) in [6, 6.07) is 3.25. The number of nitrogens with zero attached hydrogens (tertiary/aromatic N) is 1. The van der Waals surface area contributed by atoms with Crippen LogP contribution in [0.15, 0.2) is 23.4 Å². The number of carbonyl (C=O) groups excluding carboxylic acids is 3. The maximum absolute atomic E-state index is 12.1. The number of ether oxygens (including phenoxy) is 1. The zero-order valence-corrected chi connectivity index (χ0v) is 10.5. The molecule has 0 radical (unpaired) electrons. The van der Waals surface area contributed by atoms with Gasteiger partial charge in [-0.25, -0.2) is 9.78 Å². The molecule has 0 N–H and O–H groups in total. The smallest absolute Gasteiger partial charge is 0.375 e. The molecule has 0 saturated heterocycles. The van der Waals surface area contributed by atoms with Gasteiger partial charge in [0.1, 0.15) is 10.9 Å². The van der Waals surface area contributed by atoms with Crippen molar-refractivity contribution >= 4 is 29.3 Å². The van der Waals surface area contributed by atoms with Gasteiger partial charge in [-0.2, -0.15) is 0 Å². The molecule has 2 rings (SSSR count). The van der Waals surface area contributed by atoms with E-state index in [9.17, 15) is 14.4 Å². The van der Waals surface area contributed by atoms with Gasteiger partial charge < -0.3 is 4.74 Å². The van der Waals surface area contributed by atoms with Crippen molar-refractivity contribution in [3.63, 3.8) is 0 Å². The first-order valence-corrected chi connectivity index (χ1v) is 6.46. The third-order valence-electron chi connectivity index (χ3n) is 2.53. The molecule has 1 aromatic rings. The highest BCUT2D eigenvalue weighted by molar-refractivity contribution is 7.99. The van der Waals surface area contributed by atoms with E-state index in [-0.39, 0.29) is 18.1 Å². The van der Waals surface area contributed by atoms with Crippen molar-refractivity contribution in [2.45, 2.75) is 11.9 Å². The summed E-state index contributed by atoms with van der Waals surface area (Å²) in [5, 5.41) is 0.607. The predicted molar refractivity (Wildman–Crippen MR) is 64.4 cm³/mol. The van der Waals surface area contributed by atoms with Gasteiger partial charge in [0.25, 0.3) is 5.78 Å². The normalized spacial score (nSPS) is 18.1. The standard InChI is InChI=1S/C12H11NO4S/c1-2-17-12(16)10(15)8-6-18-11-7(9(8)14)4-3-5-13-11/h3-5,8H,2,6H2,1H3. The second kappa shape index (κ2) is 5.30. The second-order valence-corrected chi connectivity index (χ2v) is 4.68. The summed E-state index contributed by atoms with van der Waals surface area (Å²) < 4.78 is 4.63. The number of fused-ring (bicyclic) bond motifs is 1. The maximum Gasteiger partial charge on any atom is 0.375 e. The lowest BCUT2D eigenvalue weighted by Crippen LogP contribution is -2.35. The second-order valence-electron chi connectivity index (χ2n) is 3.67. The van der Waals surface area contributed by atoms with Gasteiger partial charge in [-0.1, -0.05) is 0 Å². The third-order valence-corrected chi connectivity index (χ3v) is 3.63. The molecule has 1 unspecified atom stereocenters. The van der Waals surface area contributed by atoms with Gasteiger partial charge in [0, 0.05) is 11.9 Å². The summed E-state index contributed by atoms with van der Waals surface area (Å²) in [6.45, 7) is 1.73. The zero-order valence-electron chi connectivity index (χ0n) is 9.71. The van der Waals surface area contributed by atoms with Crippen LogP contribution >= 0.6 is 11.8 Å². The lowest BCUT2D eigenvalue weighted by molar-refractivity contribution is -0.154. The van der Waals surface area contributed by atoms with E-state index < -0.39 is 17.7 Å². The van der Waals surface area contributed by atoms with Crippen LogP contribution in [0.3, 0.4) is 0 Å². The topological polar surface area (TPSA) is 73.3 Å². The van der Waals surface area contributed by atoms with Crippen molar-refractivity contribution in [1.82, 2.24) is 4.98 Å². The van der Waals surface area contributed by atoms with Crippen LogP contribution in [-0.2, 0) is 14.3 Å². The molecular formula is C12H11NO4S. The van der Waals surface area contributed by atoms with Gasteiger partial charge in [-0.15, -0.1) is 11.8 Å². The fourth-order valence-corrected chi connectivity index (χ4v) is 2.75. The van der Waals surface area contributed by atoms with Crippen LogP contribution in [0.4, 0.5) is 0 Å². The van der Waals surface area contributed by atoms with E-state index >= 15 is 0 Å². The molecule has 1 atom stereocenters. The third kappa shape index (κ3) is 2.28. The van der Waals surface area contributed by atoms with Gasteiger partial charge in [0.15, 0.2) is 5.78 Å². The molecule has 1 aliphatic rings. The molecule has 6 heteroatoms. The Hall–Kier alpha value is -1.69. The van der Waals surface area contributed by atoms with Crippen LogP contribution in [0.1, 0.15) is 17.3 Å². The number of hydrogen-bond acceptors (Lipinski definition) is 6. The largest absolute Gasteiger partial charge is 0.460 e. The fourth-order valence-electron chi connectivity index (χ4n) is 1.66. The predicted octanol–water partition coefficient (Wildman–Crippen LogP) is 1.12. The summed E-state index contributed by atoms with van der Waals surface area (Å²) in [6.07, 6.45) is 1.59. The summed E-state index contributed by atoms with van der Waals surface area (Å²) in [7, 11) is 0. The molecule has 0 aromatic carbocycles. The summed E-state index contributed by atoms with van der Waals surface area (Å²) >= 11 is 1.30. The van der Waals surface area contributed by atoms with E-state index in [1.165, 1.54) is 11.8 Å². The van der Waals surface area contributed by atoms with E-state index in [0.29, 0.717) is 10.6 Å². The first-order valence-electron chi connectivity index (χ1n) is 5.48. The highest BCUT2D eigenvalue weighted by Gasteiger charge is 2.37. The number of hydrogen-bond donors (Lipinski definition) is 0. The fraction of sp³-hybridized carbons (Fsp3) is 0.333. The SMILES string of the molecule is CCOC(=O)C(=O)C1CSc2ncccc2C1=O. The Morgan fingerprint density at radius 1 is 1.56 bits per heavy atom. The first-order chi connectivity index (χ1) is 8.65. The minimum absolute atomic E-state index is 0.122. The van der Waals surface area contributed by atoms with E-state index in [2.05, 4.69) is 9.72 Å². The molecule has 5 nitrogen and oxygen atoms in total. The quantitative estimate of drug-likeness (QED) is 0.463. The van der Waals surface area contributed by atoms with E-state index in [4.69, 9.17) is 0 Å². The summed E-state index contributed by atoms with van der Waals surface area (Å²) in [4.78, 5) is 39.3. The number of carbonyl (C=O) groups is 3. The molecule has 1 aromatic heterocycles. The van der Waals surface area contributed by atoms with Crippen molar-refractivity contribution < 1.29 is 19.1 Å². The van der Waals surface area contributed by atoms with Crippen LogP contribution in [0, 0.1) is 5.92 Å². The van der Waals surface area contributed by atoms with Crippen molar-refractivity contribution in [3.05, 3.63) is 23.9 Å². The number of rotatable bonds is 3. The van der Waals surface area contributed by atoms with Crippen molar-refractivity contribution in [1.29, 1.82) is 0 Å². The number of Topliss-reactive ketones (excluding diaryl/α,β-unsaturated/α-hetero) is 2. The van der Waals surface area contributed by atoms with Crippen LogP contribution in [0.2, 0.25) is 0 Å². The highest BCUT2D eigenvalue weighted by atomic mass is 32.2. The average molecular weight is 265 g/mol. The summed E-state index contributed by atoms with van der Waals surface area (Å²) in [5.74, 6) is -2.78. The molecule has 0 saturated carbocycles. The van der Waals surface area contributed by atoms with E-state index in [1.54, 1.807) is 25.3 Å². The molecule has 0 aliphatic carbocycles. The van der Waals surface area contributed by atoms with Crippen LogP contribution in [-0.4, -0.2) is 34.9 Å². The zero-order chi connectivity index (χ0) is 13.1. The molecule has 0 bridgehead atoms. The Bertz CT molecular complexity index is 515. The minimum Gasteiger partial charge on any atom is -0.460 e. The maximum atomic E-state index is 12.1. The number of ketones is 2. The van der Waals surface area contributed by atoms with Gasteiger partial charge in [-0.3, -0.25) is 9.59 Å². The molecule has 0 amide bonds. The van der Waals surface area contributed by atoms with Gasteiger partial charge in [0.05, 0.1) is 12.2 Å².